The number of amides is 1. The van der Waals surface area contributed by atoms with Crippen molar-refractivity contribution in [2.75, 3.05) is 6.54 Å². The molecule has 0 aromatic heterocycles. The Bertz CT molecular complexity index is 524. The van der Waals surface area contributed by atoms with Gasteiger partial charge in [0, 0.05) is 13.0 Å². The SMILES string of the molecule is CC1=CC[C@H]2[C@@H]3CC[C@H]4CC(=O)NCC[C@]4(C)[C@H]3CC[C@]12C. The Balaban J connectivity index is 1.65. The van der Waals surface area contributed by atoms with Crippen LogP contribution in [0.5, 0.6) is 0 Å². The van der Waals surface area contributed by atoms with Gasteiger partial charge in [-0.25, -0.2) is 0 Å². The van der Waals surface area contributed by atoms with E-state index in [2.05, 4.69) is 32.2 Å². The highest BCUT2D eigenvalue weighted by atomic mass is 16.1. The predicted molar refractivity (Wildman–Crippen MR) is 89.3 cm³/mol. The monoisotopic (exact) mass is 301 g/mol. The van der Waals surface area contributed by atoms with Gasteiger partial charge in [0.05, 0.1) is 0 Å². The van der Waals surface area contributed by atoms with E-state index in [0.29, 0.717) is 22.7 Å². The molecule has 2 heteroatoms. The van der Waals surface area contributed by atoms with Crippen LogP contribution < -0.4 is 5.32 Å². The summed E-state index contributed by atoms with van der Waals surface area (Å²) in [6.45, 7) is 8.31. The van der Waals surface area contributed by atoms with Crippen molar-refractivity contribution in [1.82, 2.24) is 5.32 Å². The first kappa shape index (κ1) is 14.8. The van der Waals surface area contributed by atoms with Gasteiger partial charge in [-0.05, 0) is 80.0 Å². The standard InChI is InChI=1S/C20H31NO/c1-13-4-7-16-15-6-5-14-12-18(22)21-11-10-20(14,3)17(15)8-9-19(13,16)2/h4,14-17H,5-12H2,1-3H3,(H,21,22)/t14-,15-,16-,17-,19+,20-/m0/s1. The Morgan fingerprint density at radius 3 is 2.77 bits per heavy atom. The molecule has 0 unspecified atom stereocenters. The van der Waals surface area contributed by atoms with Crippen LogP contribution in [0.2, 0.25) is 0 Å². The molecule has 6 atom stereocenters. The van der Waals surface area contributed by atoms with Crippen molar-refractivity contribution < 1.29 is 4.79 Å². The molecule has 3 aliphatic carbocycles. The first-order chi connectivity index (χ1) is 10.4. The van der Waals surface area contributed by atoms with Crippen molar-refractivity contribution in [3.8, 4) is 0 Å². The van der Waals surface area contributed by atoms with Crippen LogP contribution in [0.3, 0.4) is 0 Å². The molecular formula is C20H31NO. The highest BCUT2D eigenvalue weighted by Gasteiger charge is 2.57. The molecule has 22 heavy (non-hydrogen) atoms. The van der Waals surface area contributed by atoms with E-state index in [1.807, 2.05) is 0 Å². The normalized spacial score (nSPS) is 51.0. The molecule has 4 aliphatic rings. The van der Waals surface area contributed by atoms with Gasteiger partial charge in [0.2, 0.25) is 5.91 Å². The molecule has 0 radical (unpaired) electrons. The lowest BCUT2D eigenvalue weighted by Crippen LogP contribution is -2.51. The molecule has 0 aromatic rings. The summed E-state index contributed by atoms with van der Waals surface area (Å²) < 4.78 is 0. The number of hydrogen-bond acceptors (Lipinski definition) is 1. The summed E-state index contributed by atoms with van der Waals surface area (Å²) in [7, 11) is 0. The van der Waals surface area contributed by atoms with Gasteiger partial charge in [0.25, 0.3) is 0 Å². The van der Waals surface area contributed by atoms with Crippen LogP contribution in [0.4, 0.5) is 0 Å². The van der Waals surface area contributed by atoms with Crippen LogP contribution in [0.25, 0.3) is 0 Å². The Hall–Kier alpha value is -0.790. The maximum atomic E-state index is 12.0. The molecule has 1 heterocycles. The first-order valence-corrected chi connectivity index (χ1v) is 9.39. The third kappa shape index (κ3) is 1.88. The van der Waals surface area contributed by atoms with Gasteiger partial charge in [0.1, 0.15) is 0 Å². The zero-order valence-electron chi connectivity index (χ0n) is 14.5. The van der Waals surface area contributed by atoms with E-state index in [4.69, 9.17) is 0 Å². The topological polar surface area (TPSA) is 29.1 Å². The Labute approximate surface area is 135 Å². The predicted octanol–water partition coefficient (Wildman–Crippen LogP) is 4.31. The Morgan fingerprint density at radius 1 is 1.14 bits per heavy atom. The number of carbonyl (C=O) groups is 1. The summed E-state index contributed by atoms with van der Waals surface area (Å²) in [5, 5.41) is 3.13. The summed E-state index contributed by atoms with van der Waals surface area (Å²) in [6, 6.07) is 0. The molecule has 2 saturated carbocycles. The minimum atomic E-state index is 0.297. The summed E-state index contributed by atoms with van der Waals surface area (Å²) in [6.07, 6.45) is 11.2. The third-order valence-corrected chi connectivity index (χ3v) is 8.45. The van der Waals surface area contributed by atoms with Crippen LogP contribution in [-0.2, 0) is 4.79 Å². The van der Waals surface area contributed by atoms with Gasteiger partial charge in [-0.2, -0.15) is 0 Å². The van der Waals surface area contributed by atoms with Gasteiger partial charge in [0.15, 0.2) is 0 Å². The smallest absolute Gasteiger partial charge is 0.220 e. The van der Waals surface area contributed by atoms with E-state index < -0.39 is 0 Å². The number of fused-ring (bicyclic) bond motifs is 5. The molecular weight excluding hydrogens is 270 g/mol. The van der Waals surface area contributed by atoms with Gasteiger partial charge >= 0.3 is 0 Å². The number of rotatable bonds is 0. The average molecular weight is 301 g/mol. The number of hydrogen-bond donors (Lipinski definition) is 1. The van der Waals surface area contributed by atoms with Crippen molar-refractivity contribution in [2.45, 2.75) is 65.7 Å². The van der Waals surface area contributed by atoms with Crippen LogP contribution in [0.15, 0.2) is 11.6 Å². The molecule has 0 aromatic carbocycles. The van der Waals surface area contributed by atoms with E-state index in [9.17, 15) is 4.79 Å². The molecule has 4 rings (SSSR count). The number of nitrogens with one attached hydrogen (secondary N) is 1. The molecule has 2 nitrogen and oxygen atoms in total. The highest BCUT2D eigenvalue weighted by molar-refractivity contribution is 5.76. The maximum absolute atomic E-state index is 12.0. The van der Waals surface area contributed by atoms with E-state index in [-0.39, 0.29) is 0 Å². The van der Waals surface area contributed by atoms with Crippen molar-refractivity contribution in [3.63, 3.8) is 0 Å². The van der Waals surface area contributed by atoms with Gasteiger partial charge in [-0.1, -0.05) is 25.5 Å². The van der Waals surface area contributed by atoms with Crippen molar-refractivity contribution in [3.05, 3.63) is 11.6 Å². The minimum absolute atomic E-state index is 0.297. The fraction of sp³-hybridized carbons (Fsp3) is 0.850. The molecule has 1 N–H and O–H groups in total. The van der Waals surface area contributed by atoms with Gasteiger partial charge in [-0.15, -0.1) is 0 Å². The van der Waals surface area contributed by atoms with E-state index >= 15 is 0 Å². The second kappa shape index (κ2) is 4.85. The molecule has 0 spiro atoms. The minimum Gasteiger partial charge on any atom is -0.356 e. The first-order valence-electron chi connectivity index (χ1n) is 9.39. The zero-order chi connectivity index (χ0) is 15.5. The fourth-order valence-electron chi connectivity index (χ4n) is 6.81. The van der Waals surface area contributed by atoms with Crippen molar-refractivity contribution in [2.24, 2.45) is 34.5 Å². The summed E-state index contributed by atoms with van der Waals surface area (Å²) in [4.78, 5) is 12.0. The van der Waals surface area contributed by atoms with E-state index in [1.54, 1.807) is 5.57 Å². The molecule has 0 bridgehead atoms. The van der Waals surface area contributed by atoms with Gasteiger partial charge in [-0.3, -0.25) is 4.79 Å². The largest absolute Gasteiger partial charge is 0.356 e. The lowest BCUT2D eigenvalue weighted by Gasteiger charge is -2.58. The van der Waals surface area contributed by atoms with Crippen LogP contribution in [0, 0.1) is 34.5 Å². The summed E-state index contributed by atoms with van der Waals surface area (Å²) >= 11 is 0. The molecule has 1 amide bonds. The summed E-state index contributed by atoms with van der Waals surface area (Å²) in [5.41, 5.74) is 2.52. The van der Waals surface area contributed by atoms with Crippen LogP contribution >= 0.6 is 0 Å². The Morgan fingerprint density at radius 2 is 1.95 bits per heavy atom. The van der Waals surface area contributed by atoms with Gasteiger partial charge < -0.3 is 5.32 Å². The second-order valence-electron chi connectivity index (χ2n) is 9.04. The fourth-order valence-corrected chi connectivity index (χ4v) is 6.81. The summed E-state index contributed by atoms with van der Waals surface area (Å²) in [5.74, 6) is 3.52. The average Bonchev–Trinajstić information content (AvgIpc) is 2.68. The second-order valence-corrected chi connectivity index (χ2v) is 9.04. The Kier molecular flexibility index (Phi) is 3.26. The van der Waals surface area contributed by atoms with Crippen molar-refractivity contribution in [1.29, 1.82) is 0 Å². The highest BCUT2D eigenvalue weighted by Crippen LogP contribution is 2.65. The molecule has 3 fully saturated rings. The van der Waals surface area contributed by atoms with Crippen molar-refractivity contribution >= 4 is 5.91 Å². The number of carbonyl (C=O) groups excluding carboxylic acids is 1. The quantitative estimate of drug-likeness (QED) is 0.664. The lowest BCUT2D eigenvalue weighted by atomic mass is 9.46. The van der Waals surface area contributed by atoms with E-state index in [0.717, 1.165) is 30.7 Å². The van der Waals surface area contributed by atoms with Crippen LogP contribution in [0.1, 0.15) is 65.7 Å². The molecule has 122 valence electrons. The van der Waals surface area contributed by atoms with E-state index in [1.165, 1.54) is 38.5 Å². The maximum Gasteiger partial charge on any atom is 0.220 e. The number of allylic oxidation sites excluding steroid dienone is 2. The zero-order valence-corrected chi connectivity index (χ0v) is 14.5. The molecule has 1 saturated heterocycles. The molecule has 1 aliphatic heterocycles. The lowest BCUT2D eigenvalue weighted by molar-refractivity contribution is -0.124. The van der Waals surface area contributed by atoms with Crippen LogP contribution in [-0.4, -0.2) is 12.5 Å². The third-order valence-electron chi connectivity index (χ3n) is 8.45.